The third-order valence-corrected chi connectivity index (χ3v) is 2.38. The lowest BCUT2D eigenvalue weighted by Crippen LogP contribution is -2.18. The fraction of sp³-hybridized carbons (Fsp3) is 0.182. The molecule has 1 heterocycles. The molecule has 3 N–H and O–H groups in total. The molecule has 0 aliphatic carbocycles. The van der Waals surface area contributed by atoms with E-state index < -0.39 is 6.09 Å². The van der Waals surface area contributed by atoms with Gasteiger partial charge in [-0.15, -0.1) is 0 Å². The van der Waals surface area contributed by atoms with Crippen LogP contribution >= 0.6 is 11.6 Å². The zero-order valence-corrected chi connectivity index (χ0v) is 10.1. The highest BCUT2D eigenvalue weighted by atomic mass is 35.5. The van der Waals surface area contributed by atoms with Crippen LogP contribution in [0.5, 0.6) is 0 Å². The summed E-state index contributed by atoms with van der Waals surface area (Å²) < 4.78 is 4.61. The van der Waals surface area contributed by atoms with Gasteiger partial charge in [0.05, 0.1) is 12.1 Å². The molecule has 6 nitrogen and oxygen atoms in total. The molecule has 1 aromatic heterocycles. The molecule has 0 bridgehead atoms. The average molecular weight is 267 g/mol. The summed E-state index contributed by atoms with van der Waals surface area (Å²) in [6, 6.07) is 7.47. The van der Waals surface area contributed by atoms with Crippen molar-refractivity contribution in [2.24, 2.45) is 5.73 Å². The van der Waals surface area contributed by atoms with E-state index in [2.05, 4.69) is 20.0 Å². The number of amides is 1. The Bertz CT molecular complexity index is 576. The van der Waals surface area contributed by atoms with Gasteiger partial charge < -0.3 is 15.8 Å². The molecule has 2 aromatic rings. The first-order valence-corrected chi connectivity index (χ1v) is 5.63. The fourth-order valence-corrected chi connectivity index (χ4v) is 1.68. The van der Waals surface area contributed by atoms with Gasteiger partial charge in [0.1, 0.15) is 12.4 Å². The normalized spacial score (nSPS) is 10.3. The number of benzene rings is 1. The van der Waals surface area contributed by atoms with E-state index in [1.807, 2.05) is 24.3 Å². The third-order valence-electron chi connectivity index (χ3n) is 2.21. The van der Waals surface area contributed by atoms with Gasteiger partial charge in [0.15, 0.2) is 0 Å². The van der Waals surface area contributed by atoms with E-state index in [1.54, 1.807) is 0 Å². The Morgan fingerprint density at radius 2 is 2.17 bits per heavy atom. The van der Waals surface area contributed by atoms with Gasteiger partial charge in [0.25, 0.3) is 0 Å². The minimum atomic E-state index is -0.803. The zero-order chi connectivity index (χ0) is 13.0. The molecule has 2 rings (SSSR count). The minimum Gasteiger partial charge on any atom is -0.448 e. The Morgan fingerprint density at radius 3 is 2.94 bits per heavy atom. The molecule has 0 aliphatic rings. The summed E-state index contributed by atoms with van der Waals surface area (Å²) in [4.78, 5) is 18.6. The monoisotopic (exact) mass is 266 g/mol. The minimum absolute atomic E-state index is 0.158. The summed E-state index contributed by atoms with van der Waals surface area (Å²) in [6.07, 6.45) is -0.803. The molecule has 7 heteroatoms. The van der Waals surface area contributed by atoms with Gasteiger partial charge >= 0.3 is 6.09 Å². The van der Waals surface area contributed by atoms with Crippen molar-refractivity contribution in [3.05, 3.63) is 29.5 Å². The smallest absolute Gasteiger partial charge is 0.404 e. The van der Waals surface area contributed by atoms with Gasteiger partial charge in [-0.1, -0.05) is 12.1 Å². The lowest BCUT2D eigenvalue weighted by Gasteiger charge is -2.08. The lowest BCUT2D eigenvalue weighted by molar-refractivity contribution is 0.161. The van der Waals surface area contributed by atoms with Crippen LogP contribution in [0.1, 0.15) is 0 Å². The Kier molecular flexibility index (Phi) is 3.78. The number of hydrogen-bond acceptors (Lipinski definition) is 5. The number of halogens is 1. The topological polar surface area (TPSA) is 90.1 Å². The van der Waals surface area contributed by atoms with Gasteiger partial charge in [0.2, 0.25) is 5.28 Å². The van der Waals surface area contributed by atoms with Crippen molar-refractivity contribution in [3.8, 4) is 0 Å². The van der Waals surface area contributed by atoms with Crippen LogP contribution in [-0.2, 0) is 4.74 Å². The fourth-order valence-electron chi connectivity index (χ4n) is 1.50. The van der Waals surface area contributed by atoms with Crippen LogP contribution in [0, 0.1) is 0 Å². The summed E-state index contributed by atoms with van der Waals surface area (Å²) in [5.41, 5.74) is 5.60. The number of fused-ring (bicyclic) bond motifs is 1. The maximum Gasteiger partial charge on any atom is 0.404 e. The second-order valence-electron chi connectivity index (χ2n) is 3.45. The summed E-state index contributed by atoms with van der Waals surface area (Å²) in [5.74, 6) is 0.596. The lowest BCUT2D eigenvalue weighted by atomic mass is 10.2. The first-order chi connectivity index (χ1) is 8.66. The third kappa shape index (κ3) is 2.98. The van der Waals surface area contributed by atoms with E-state index in [4.69, 9.17) is 17.3 Å². The summed E-state index contributed by atoms with van der Waals surface area (Å²) in [5, 5.41) is 4.02. The number of nitrogens with two attached hydrogens (primary N) is 1. The molecule has 0 unspecified atom stereocenters. The van der Waals surface area contributed by atoms with Crippen LogP contribution in [0.4, 0.5) is 10.6 Å². The summed E-state index contributed by atoms with van der Waals surface area (Å²) in [7, 11) is 0. The maximum atomic E-state index is 10.4. The molecule has 1 aromatic carbocycles. The number of primary amides is 1. The second-order valence-corrected chi connectivity index (χ2v) is 3.79. The number of ether oxygens (including phenoxy) is 1. The summed E-state index contributed by atoms with van der Waals surface area (Å²) in [6.45, 7) is 0.547. The van der Waals surface area contributed by atoms with Gasteiger partial charge in [-0.05, 0) is 23.7 Å². The number of carbonyl (C=O) groups is 1. The quantitative estimate of drug-likeness (QED) is 0.650. The molecular formula is C11H11ClN4O2. The predicted molar refractivity (Wildman–Crippen MR) is 68.6 cm³/mol. The van der Waals surface area contributed by atoms with Gasteiger partial charge in [-0.25, -0.2) is 14.8 Å². The molecular weight excluding hydrogens is 256 g/mol. The van der Waals surface area contributed by atoms with Crippen LogP contribution < -0.4 is 11.1 Å². The largest absolute Gasteiger partial charge is 0.448 e. The highest BCUT2D eigenvalue weighted by Crippen LogP contribution is 2.21. The second kappa shape index (κ2) is 5.50. The van der Waals surface area contributed by atoms with E-state index in [9.17, 15) is 4.79 Å². The molecule has 0 aliphatic heterocycles. The van der Waals surface area contributed by atoms with Crippen LogP contribution in [0.25, 0.3) is 10.9 Å². The standard InChI is InChI=1S/C11H11ClN4O2/c12-10-15-8-4-2-1-3-7(8)9(16-10)14-5-6-18-11(13)17/h1-4H,5-6H2,(H2,13,17)(H,14,15,16). The van der Waals surface area contributed by atoms with E-state index in [0.29, 0.717) is 12.4 Å². The average Bonchev–Trinajstić information content (AvgIpc) is 2.34. The van der Waals surface area contributed by atoms with Gasteiger partial charge in [-0.3, -0.25) is 0 Å². The highest BCUT2D eigenvalue weighted by molar-refractivity contribution is 6.28. The Balaban J connectivity index is 2.14. The number of nitrogens with zero attached hydrogens (tertiary/aromatic N) is 2. The Labute approximate surface area is 108 Å². The van der Waals surface area contributed by atoms with Crippen molar-refractivity contribution < 1.29 is 9.53 Å². The Morgan fingerprint density at radius 1 is 1.39 bits per heavy atom. The Hall–Kier alpha value is -2.08. The van der Waals surface area contributed by atoms with E-state index in [0.717, 1.165) is 10.9 Å². The van der Waals surface area contributed by atoms with Crippen LogP contribution in [-0.4, -0.2) is 29.2 Å². The van der Waals surface area contributed by atoms with Gasteiger partial charge in [-0.2, -0.15) is 0 Å². The molecule has 0 fully saturated rings. The summed E-state index contributed by atoms with van der Waals surface area (Å²) >= 11 is 5.82. The first kappa shape index (κ1) is 12.4. The number of nitrogens with one attached hydrogen (secondary N) is 1. The van der Waals surface area contributed by atoms with Crippen molar-refractivity contribution in [1.82, 2.24) is 9.97 Å². The molecule has 0 spiro atoms. The zero-order valence-electron chi connectivity index (χ0n) is 9.39. The van der Waals surface area contributed by atoms with E-state index >= 15 is 0 Å². The number of hydrogen-bond donors (Lipinski definition) is 2. The molecule has 0 radical (unpaired) electrons. The van der Waals surface area contributed by atoms with Crippen molar-refractivity contribution in [1.29, 1.82) is 0 Å². The van der Waals surface area contributed by atoms with E-state index in [-0.39, 0.29) is 11.9 Å². The maximum absolute atomic E-state index is 10.4. The number of anilines is 1. The van der Waals surface area contributed by atoms with Crippen molar-refractivity contribution in [3.63, 3.8) is 0 Å². The highest BCUT2D eigenvalue weighted by Gasteiger charge is 2.05. The molecule has 0 atom stereocenters. The van der Waals surface area contributed by atoms with Crippen LogP contribution in [0.2, 0.25) is 5.28 Å². The SMILES string of the molecule is NC(=O)OCCNc1nc(Cl)nc2ccccc12. The number of para-hydroxylation sites is 1. The number of aromatic nitrogens is 2. The molecule has 1 amide bonds. The molecule has 18 heavy (non-hydrogen) atoms. The number of rotatable bonds is 4. The van der Waals surface area contributed by atoms with Crippen molar-refractivity contribution in [2.45, 2.75) is 0 Å². The van der Waals surface area contributed by atoms with Crippen LogP contribution in [0.3, 0.4) is 0 Å². The first-order valence-electron chi connectivity index (χ1n) is 5.25. The van der Waals surface area contributed by atoms with E-state index in [1.165, 1.54) is 0 Å². The predicted octanol–water partition coefficient (Wildman–Crippen LogP) is 1.79. The number of carbonyl (C=O) groups excluding carboxylic acids is 1. The van der Waals surface area contributed by atoms with Crippen molar-refractivity contribution in [2.75, 3.05) is 18.5 Å². The van der Waals surface area contributed by atoms with Gasteiger partial charge in [0, 0.05) is 5.39 Å². The molecule has 94 valence electrons. The van der Waals surface area contributed by atoms with Crippen LogP contribution in [0.15, 0.2) is 24.3 Å². The molecule has 0 saturated carbocycles. The molecule has 0 saturated heterocycles. The van der Waals surface area contributed by atoms with Crippen molar-refractivity contribution >= 4 is 34.4 Å².